The second kappa shape index (κ2) is 8.85. The van der Waals surface area contributed by atoms with Gasteiger partial charge in [0.15, 0.2) is 11.2 Å². The number of ether oxygens (including phenoxy) is 1. The Labute approximate surface area is 197 Å². The molecule has 5 rings (SSSR count). The fourth-order valence-electron chi connectivity index (χ4n) is 4.69. The van der Waals surface area contributed by atoms with Crippen molar-refractivity contribution >= 4 is 22.8 Å². The first-order valence-electron chi connectivity index (χ1n) is 11.7. The third-order valence-corrected chi connectivity index (χ3v) is 6.37. The van der Waals surface area contributed by atoms with E-state index in [1.807, 2.05) is 66.1 Å². The molecule has 0 bridgehead atoms. The first kappa shape index (κ1) is 22.0. The van der Waals surface area contributed by atoms with Gasteiger partial charge < -0.3 is 14.2 Å². The number of aryl methyl sites for hydroxylation is 2. The van der Waals surface area contributed by atoms with Crippen molar-refractivity contribution in [2.45, 2.75) is 33.4 Å². The van der Waals surface area contributed by atoms with E-state index < -0.39 is 0 Å². The quantitative estimate of drug-likeness (QED) is 0.442. The number of hydrogen-bond acceptors (Lipinski definition) is 5. The molecule has 0 radical (unpaired) electrons. The number of benzene rings is 2. The zero-order chi connectivity index (χ0) is 23.8. The number of aromatic nitrogens is 4. The summed E-state index contributed by atoms with van der Waals surface area (Å²) in [6.45, 7) is 6.50. The van der Waals surface area contributed by atoms with Crippen LogP contribution >= 0.6 is 0 Å². The highest BCUT2D eigenvalue weighted by Crippen LogP contribution is 2.33. The third-order valence-electron chi connectivity index (χ3n) is 6.37. The monoisotopic (exact) mass is 459 g/mol. The van der Waals surface area contributed by atoms with Gasteiger partial charge in [0.25, 0.3) is 5.56 Å². The standard InChI is InChI=1S/C26H29N5O3/c1-4-34-21-12-10-20(11-13-21)30-16-18(2)17-31-22-23(27-25(30)31)28(3)26(33)29(24(22)32)15-14-19-8-6-5-7-9-19/h5-13,18H,4,14-17H2,1-3H3. The predicted molar refractivity (Wildman–Crippen MR) is 133 cm³/mol. The van der Waals surface area contributed by atoms with E-state index in [0.29, 0.717) is 49.1 Å². The summed E-state index contributed by atoms with van der Waals surface area (Å²) in [5.41, 5.74) is 2.33. The van der Waals surface area contributed by atoms with E-state index in [4.69, 9.17) is 9.72 Å². The van der Waals surface area contributed by atoms with Gasteiger partial charge in [-0.3, -0.25) is 13.9 Å². The number of fused-ring (bicyclic) bond motifs is 3. The highest BCUT2D eigenvalue weighted by molar-refractivity contribution is 5.77. The predicted octanol–water partition coefficient (Wildman–Crippen LogP) is 3.33. The van der Waals surface area contributed by atoms with E-state index >= 15 is 0 Å². The van der Waals surface area contributed by atoms with E-state index in [-0.39, 0.29) is 11.2 Å². The van der Waals surface area contributed by atoms with Crippen LogP contribution in [0, 0.1) is 5.92 Å². The molecule has 8 nitrogen and oxygen atoms in total. The van der Waals surface area contributed by atoms with Gasteiger partial charge in [-0.05, 0) is 49.1 Å². The number of rotatable bonds is 6. The average Bonchev–Trinajstić information content (AvgIpc) is 3.23. The maximum Gasteiger partial charge on any atom is 0.332 e. The maximum atomic E-state index is 13.6. The molecule has 1 atom stereocenters. The number of imidazole rings is 1. The Balaban J connectivity index is 1.60. The SMILES string of the molecule is CCOc1ccc(N2CC(C)Cn3c2nc2c3c(=O)n(CCc3ccccc3)c(=O)n2C)cc1. The molecular formula is C26H29N5O3. The minimum atomic E-state index is -0.343. The fourth-order valence-corrected chi connectivity index (χ4v) is 4.69. The zero-order valence-corrected chi connectivity index (χ0v) is 19.8. The molecule has 4 aromatic rings. The van der Waals surface area contributed by atoms with Gasteiger partial charge in [0.05, 0.1) is 6.61 Å². The van der Waals surface area contributed by atoms with Crippen molar-refractivity contribution in [1.29, 1.82) is 0 Å². The van der Waals surface area contributed by atoms with Gasteiger partial charge in [-0.15, -0.1) is 0 Å². The third kappa shape index (κ3) is 3.79. The lowest BCUT2D eigenvalue weighted by Gasteiger charge is -2.33. The number of hydrogen-bond donors (Lipinski definition) is 0. The molecule has 0 saturated carbocycles. The summed E-state index contributed by atoms with van der Waals surface area (Å²) in [6.07, 6.45) is 0.608. The Morgan fingerprint density at radius 3 is 2.47 bits per heavy atom. The second-order valence-electron chi connectivity index (χ2n) is 8.87. The molecular weight excluding hydrogens is 430 g/mol. The van der Waals surface area contributed by atoms with Crippen molar-refractivity contribution in [2.24, 2.45) is 13.0 Å². The molecule has 3 heterocycles. The smallest absolute Gasteiger partial charge is 0.332 e. The van der Waals surface area contributed by atoms with Crippen molar-refractivity contribution < 1.29 is 4.74 Å². The first-order valence-corrected chi connectivity index (χ1v) is 11.7. The van der Waals surface area contributed by atoms with Crippen LogP contribution in [0.5, 0.6) is 5.75 Å². The Morgan fingerprint density at radius 1 is 1.03 bits per heavy atom. The summed E-state index contributed by atoms with van der Waals surface area (Å²) in [5.74, 6) is 1.80. The van der Waals surface area contributed by atoms with Crippen molar-refractivity contribution in [3.63, 3.8) is 0 Å². The second-order valence-corrected chi connectivity index (χ2v) is 8.87. The lowest BCUT2D eigenvalue weighted by molar-refractivity contribution is 0.340. The van der Waals surface area contributed by atoms with Crippen molar-refractivity contribution in [3.8, 4) is 5.75 Å². The highest BCUT2D eigenvalue weighted by atomic mass is 16.5. The van der Waals surface area contributed by atoms with Gasteiger partial charge in [0.1, 0.15) is 5.75 Å². The summed E-state index contributed by atoms with van der Waals surface area (Å²) in [7, 11) is 1.69. The zero-order valence-electron chi connectivity index (χ0n) is 19.8. The molecule has 0 aliphatic carbocycles. The topological polar surface area (TPSA) is 74.3 Å². The Bertz CT molecular complexity index is 1430. The normalized spacial score (nSPS) is 15.5. The van der Waals surface area contributed by atoms with E-state index in [0.717, 1.165) is 23.5 Å². The molecule has 1 aliphatic rings. The van der Waals surface area contributed by atoms with E-state index in [1.165, 1.54) is 9.13 Å². The summed E-state index contributed by atoms with van der Waals surface area (Å²) >= 11 is 0. The van der Waals surface area contributed by atoms with Crippen LogP contribution in [0.3, 0.4) is 0 Å². The lowest BCUT2D eigenvalue weighted by atomic mass is 10.1. The van der Waals surface area contributed by atoms with Gasteiger partial charge in [0.2, 0.25) is 5.95 Å². The van der Waals surface area contributed by atoms with Gasteiger partial charge in [0, 0.05) is 32.4 Å². The van der Waals surface area contributed by atoms with E-state index in [1.54, 1.807) is 7.05 Å². The van der Waals surface area contributed by atoms with E-state index in [9.17, 15) is 9.59 Å². The van der Waals surface area contributed by atoms with Gasteiger partial charge in [-0.1, -0.05) is 37.3 Å². The summed E-state index contributed by atoms with van der Waals surface area (Å²) in [4.78, 5) is 33.6. The number of anilines is 2. The average molecular weight is 460 g/mol. The van der Waals surface area contributed by atoms with Gasteiger partial charge in [-0.25, -0.2) is 4.79 Å². The van der Waals surface area contributed by atoms with Crippen LogP contribution in [0.15, 0.2) is 64.2 Å². The minimum Gasteiger partial charge on any atom is -0.494 e. The van der Waals surface area contributed by atoms with Crippen LogP contribution in [-0.2, 0) is 26.6 Å². The van der Waals surface area contributed by atoms with Crippen LogP contribution in [0.4, 0.5) is 11.6 Å². The largest absolute Gasteiger partial charge is 0.494 e. The minimum absolute atomic E-state index is 0.284. The van der Waals surface area contributed by atoms with Crippen molar-refractivity contribution in [1.82, 2.24) is 18.7 Å². The Hall–Kier alpha value is -3.81. The van der Waals surface area contributed by atoms with Crippen molar-refractivity contribution in [2.75, 3.05) is 18.1 Å². The summed E-state index contributed by atoms with van der Waals surface area (Å²) in [6, 6.07) is 17.8. The molecule has 0 fully saturated rings. The molecule has 176 valence electrons. The first-order chi connectivity index (χ1) is 16.5. The van der Waals surface area contributed by atoms with Crippen LogP contribution in [0.2, 0.25) is 0 Å². The van der Waals surface area contributed by atoms with Gasteiger partial charge >= 0.3 is 5.69 Å². The molecule has 0 saturated heterocycles. The highest BCUT2D eigenvalue weighted by Gasteiger charge is 2.29. The molecule has 34 heavy (non-hydrogen) atoms. The summed E-state index contributed by atoms with van der Waals surface area (Å²) < 4.78 is 10.4. The van der Waals surface area contributed by atoms with Gasteiger partial charge in [-0.2, -0.15) is 4.98 Å². The molecule has 2 aromatic heterocycles. The fraction of sp³-hybridized carbons (Fsp3) is 0.346. The molecule has 0 spiro atoms. The van der Waals surface area contributed by atoms with E-state index in [2.05, 4.69) is 11.8 Å². The Morgan fingerprint density at radius 2 is 1.76 bits per heavy atom. The van der Waals surface area contributed by atoms with Crippen LogP contribution in [0.1, 0.15) is 19.4 Å². The number of nitrogens with zero attached hydrogens (tertiary/aromatic N) is 5. The molecule has 1 unspecified atom stereocenters. The summed E-state index contributed by atoms with van der Waals surface area (Å²) in [5, 5.41) is 0. The van der Waals surface area contributed by atoms with Crippen molar-refractivity contribution in [3.05, 3.63) is 81.0 Å². The maximum absolute atomic E-state index is 13.6. The Kier molecular flexibility index (Phi) is 5.73. The molecule has 8 heteroatoms. The molecule has 0 amide bonds. The molecule has 2 aromatic carbocycles. The molecule has 0 N–H and O–H groups in total. The van der Waals surface area contributed by atoms with Crippen LogP contribution in [-0.4, -0.2) is 31.8 Å². The van der Waals surface area contributed by atoms with Crippen LogP contribution < -0.4 is 20.9 Å². The lowest BCUT2D eigenvalue weighted by Crippen LogP contribution is -2.40. The molecule has 1 aliphatic heterocycles. The van der Waals surface area contributed by atoms with Crippen LogP contribution in [0.25, 0.3) is 11.2 Å².